The summed E-state index contributed by atoms with van der Waals surface area (Å²) in [7, 11) is -0.663. The number of halogens is 1. The van der Waals surface area contributed by atoms with Crippen LogP contribution in [0.3, 0.4) is 0 Å². The van der Waals surface area contributed by atoms with Crippen molar-refractivity contribution in [3.05, 3.63) is 159 Å². The number of azo groups is 1. The minimum atomic E-state index is -4.51. The van der Waals surface area contributed by atoms with Gasteiger partial charge in [0, 0.05) is 84.3 Å². The zero-order valence-electron chi connectivity index (χ0n) is 55.2. The van der Waals surface area contributed by atoms with Crippen molar-refractivity contribution < 1.29 is 81.0 Å². The van der Waals surface area contributed by atoms with Crippen molar-refractivity contribution in [2.24, 2.45) is 21.9 Å². The Bertz CT molecular complexity index is 4100. The van der Waals surface area contributed by atoms with Crippen LogP contribution in [0.25, 0.3) is 10.8 Å². The maximum atomic E-state index is 14.6. The quantitative estimate of drug-likeness (QED) is 0.0113. The van der Waals surface area contributed by atoms with Crippen LogP contribution in [-0.2, 0) is 77.3 Å². The van der Waals surface area contributed by atoms with Crippen LogP contribution in [0.15, 0.2) is 149 Å². The number of carbonyl (C=O) groups is 11. The fourth-order valence-corrected chi connectivity index (χ4v) is 12.1. The normalized spacial score (nSPS) is 13.8. The standard InChI is InChI=1S/C69H80IN13O17S/c1-83(2)48-26-24-47(25-27-48)82-81-46-22-18-41(19-23-46)63(90)74-32-6-5-13-54(69(96)97)76-59(85)39-75-65(92)56(38-61(88)89)79-68(95)62(44-36-42-9-3-4-10-43(42)37-44)80-66(93)53(29-31-60(86)87)77-67(94)55(35-40-16-20-45(70)21-17-40)78-64(91)51(71)28-30-58(84)73-34-33-72-52-14-7-12-50-49(52)11-8-15-57(50)101(98,99)100/h3-4,7-12,14-27,44,51,53-56,62,72H,5-6,13,28-39,71H2,1-2H3,(H,73,84)(H,74,90)(H,75,92)(H,76,85)(H,77,94)(H,78,91)(H,79,95)(H,80,93)(H,86,87)(H,88,89)(H,96,97)(H,98,99,100)/b82-81+/t51-,53-,54-,55-,56-,62-/m0/s1. The summed E-state index contributed by atoms with van der Waals surface area (Å²) in [6.45, 7) is -0.433. The van der Waals surface area contributed by atoms with Gasteiger partial charge < -0.3 is 73.8 Å². The molecule has 0 saturated carbocycles. The number of hydrogen-bond donors (Lipinski definition) is 14. The molecule has 0 unspecified atom stereocenters. The van der Waals surface area contributed by atoms with Crippen LogP contribution in [0.2, 0.25) is 0 Å². The van der Waals surface area contributed by atoms with E-state index in [9.17, 15) is 81.0 Å². The third-order valence-corrected chi connectivity index (χ3v) is 18.0. The topological polar surface area (TPSA) is 465 Å². The molecule has 0 fully saturated rings. The van der Waals surface area contributed by atoms with Gasteiger partial charge in [-0.1, -0.05) is 60.7 Å². The molecular weight excluding hydrogens is 1440 g/mol. The SMILES string of the molecule is CN(C)c1ccc(/N=N/c2ccc(C(=O)NCCCC[C@H](NC(=O)CNC(=O)[C@H](CC(=O)O)NC(=O)[C@@H](NC(=O)[C@H](CCC(=O)O)NC(=O)[C@H](Cc3ccc(I)cc3)NC(=O)[C@@H](N)CCC(=O)NCCNc3cccc4c(S(=O)(=O)O)cccc34)C3Cc4ccccc4C3)C(=O)O)cc2)cc1. The second-order valence-electron chi connectivity index (χ2n) is 24.1. The lowest BCUT2D eigenvalue weighted by Gasteiger charge is -2.29. The number of nitrogens with one attached hydrogen (secondary N) is 9. The largest absolute Gasteiger partial charge is 0.481 e. The molecule has 6 atom stereocenters. The highest BCUT2D eigenvalue weighted by molar-refractivity contribution is 14.1. The second kappa shape index (κ2) is 37.7. The number of nitrogens with two attached hydrogens (primary N) is 1. The molecule has 1 aliphatic carbocycles. The number of nitrogens with zero attached hydrogens (tertiary/aromatic N) is 3. The molecule has 0 saturated heterocycles. The Balaban J connectivity index is 0.940. The summed E-state index contributed by atoms with van der Waals surface area (Å²) in [6.07, 6.45) is -2.10. The minimum Gasteiger partial charge on any atom is -0.481 e. The molecule has 15 N–H and O–H groups in total. The van der Waals surface area contributed by atoms with Gasteiger partial charge in [-0.3, -0.25) is 52.5 Å². The number of benzene rings is 6. The third kappa shape index (κ3) is 24.5. The van der Waals surface area contributed by atoms with Gasteiger partial charge in [0.05, 0.1) is 30.4 Å². The molecule has 6 aromatic carbocycles. The van der Waals surface area contributed by atoms with Crippen LogP contribution < -0.4 is 58.5 Å². The number of carboxylic acid groups (broad SMARTS) is 3. The van der Waals surface area contributed by atoms with Crippen molar-refractivity contribution in [3.63, 3.8) is 0 Å². The number of carbonyl (C=O) groups excluding carboxylic acids is 8. The van der Waals surface area contributed by atoms with Crippen LogP contribution >= 0.6 is 22.6 Å². The first kappa shape index (κ1) is 77.9. The molecule has 6 aromatic rings. The Morgan fingerprint density at radius 1 is 0.564 bits per heavy atom. The highest BCUT2D eigenvalue weighted by Crippen LogP contribution is 2.31. The first-order valence-electron chi connectivity index (χ1n) is 32.2. The fraction of sp³-hybridized carbons (Fsp3) is 0.348. The van der Waals surface area contributed by atoms with Crippen molar-refractivity contribution in [3.8, 4) is 0 Å². The van der Waals surface area contributed by atoms with Crippen LogP contribution in [0.4, 0.5) is 22.7 Å². The zero-order chi connectivity index (χ0) is 73.3. The van der Waals surface area contributed by atoms with E-state index in [-0.39, 0.29) is 74.9 Å². The third-order valence-electron chi connectivity index (χ3n) is 16.4. The summed E-state index contributed by atoms with van der Waals surface area (Å²) in [5.74, 6) is -12.1. The van der Waals surface area contributed by atoms with Crippen molar-refractivity contribution in [2.75, 3.05) is 50.5 Å². The molecule has 30 nitrogen and oxygen atoms in total. The number of rotatable bonds is 38. The van der Waals surface area contributed by atoms with E-state index in [1.54, 1.807) is 91.0 Å². The van der Waals surface area contributed by atoms with Crippen molar-refractivity contribution >= 4 is 131 Å². The first-order chi connectivity index (χ1) is 48.1. The molecule has 1 aliphatic rings. The van der Waals surface area contributed by atoms with E-state index in [0.29, 0.717) is 40.0 Å². The molecular formula is C69H80IN13O17S. The maximum Gasteiger partial charge on any atom is 0.326 e. The van der Waals surface area contributed by atoms with Gasteiger partial charge in [-0.05, 0) is 163 Å². The monoisotopic (exact) mass is 1520 g/mol. The van der Waals surface area contributed by atoms with E-state index in [1.807, 2.05) is 43.3 Å². The minimum absolute atomic E-state index is 0.0880. The van der Waals surface area contributed by atoms with Crippen molar-refractivity contribution in [2.45, 2.75) is 112 Å². The highest BCUT2D eigenvalue weighted by Gasteiger charge is 2.39. The predicted octanol–water partition coefficient (Wildman–Crippen LogP) is 4.03. The Hall–Kier alpha value is -10.5. The smallest absolute Gasteiger partial charge is 0.326 e. The molecule has 0 spiro atoms. The van der Waals surface area contributed by atoms with Crippen LogP contribution in [0.1, 0.15) is 78.4 Å². The van der Waals surface area contributed by atoms with Crippen LogP contribution in [0, 0.1) is 9.49 Å². The van der Waals surface area contributed by atoms with Gasteiger partial charge in [0.25, 0.3) is 16.0 Å². The average molecular weight is 1520 g/mol. The molecule has 0 aromatic heterocycles. The van der Waals surface area contributed by atoms with E-state index in [0.717, 1.165) is 20.4 Å². The van der Waals surface area contributed by atoms with Gasteiger partial charge in [0.2, 0.25) is 41.4 Å². The molecule has 0 aliphatic heterocycles. The van der Waals surface area contributed by atoms with Crippen molar-refractivity contribution in [1.82, 2.24) is 42.5 Å². The Morgan fingerprint density at radius 2 is 1.18 bits per heavy atom. The number of anilines is 2. The molecule has 536 valence electrons. The van der Waals surface area contributed by atoms with Crippen molar-refractivity contribution in [1.29, 1.82) is 0 Å². The second-order valence-corrected chi connectivity index (χ2v) is 26.7. The Labute approximate surface area is 595 Å². The van der Waals surface area contributed by atoms with Gasteiger partial charge in [-0.2, -0.15) is 18.6 Å². The van der Waals surface area contributed by atoms with Gasteiger partial charge >= 0.3 is 17.9 Å². The van der Waals surface area contributed by atoms with E-state index in [2.05, 4.69) is 80.7 Å². The number of amides is 8. The Morgan fingerprint density at radius 3 is 1.80 bits per heavy atom. The summed E-state index contributed by atoms with van der Waals surface area (Å²) < 4.78 is 34.4. The number of hydrogen-bond acceptors (Lipinski definition) is 18. The lowest BCUT2D eigenvalue weighted by molar-refractivity contribution is -0.143. The number of carboxylic acids is 3. The molecule has 0 bridgehead atoms. The Kier molecular flexibility index (Phi) is 29.0. The molecule has 101 heavy (non-hydrogen) atoms. The predicted molar refractivity (Wildman–Crippen MR) is 380 cm³/mol. The summed E-state index contributed by atoms with van der Waals surface area (Å²) in [5, 5.41) is 62.1. The van der Waals surface area contributed by atoms with Crippen LogP contribution in [0.5, 0.6) is 0 Å². The number of aliphatic carboxylic acids is 3. The maximum absolute atomic E-state index is 14.6. The zero-order valence-corrected chi connectivity index (χ0v) is 58.1. The summed E-state index contributed by atoms with van der Waals surface area (Å²) in [5.41, 5.74) is 11.4. The summed E-state index contributed by atoms with van der Waals surface area (Å²) in [4.78, 5) is 148. The molecule has 8 amide bonds. The van der Waals surface area contributed by atoms with E-state index >= 15 is 0 Å². The molecule has 0 heterocycles. The van der Waals surface area contributed by atoms with E-state index in [1.165, 1.54) is 18.2 Å². The lowest BCUT2D eigenvalue weighted by Crippen LogP contribution is -2.61. The van der Waals surface area contributed by atoms with Gasteiger partial charge in [-0.15, -0.1) is 0 Å². The van der Waals surface area contributed by atoms with Crippen LogP contribution in [-0.4, -0.2) is 170 Å². The molecule has 32 heteroatoms. The average Bonchev–Trinajstić information content (AvgIpc) is 1.75. The van der Waals surface area contributed by atoms with E-state index < -0.39 is 143 Å². The van der Waals surface area contributed by atoms with E-state index in [4.69, 9.17) is 5.73 Å². The van der Waals surface area contributed by atoms with Gasteiger partial charge in [0.1, 0.15) is 35.1 Å². The summed E-state index contributed by atoms with van der Waals surface area (Å²) in [6, 6.07) is 27.6. The fourth-order valence-electron chi connectivity index (χ4n) is 11.0. The molecule has 0 radical (unpaired) electrons. The highest BCUT2D eigenvalue weighted by atomic mass is 127. The first-order valence-corrected chi connectivity index (χ1v) is 34.7. The van der Waals surface area contributed by atoms with Gasteiger partial charge in [0.15, 0.2) is 0 Å². The summed E-state index contributed by atoms with van der Waals surface area (Å²) >= 11 is 2.07. The van der Waals surface area contributed by atoms with Gasteiger partial charge in [-0.25, -0.2) is 4.79 Å². The molecule has 7 rings (SSSR count). The number of unbranched alkanes of at least 4 members (excludes halogenated alkanes) is 1. The lowest BCUT2D eigenvalue weighted by atomic mass is 9.94. The number of fused-ring (bicyclic) bond motifs is 2.